The van der Waals surface area contributed by atoms with Crippen molar-refractivity contribution in [2.45, 2.75) is 86.9 Å². The van der Waals surface area contributed by atoms with E-state index in [1.54, 1.807) is 0 Å². The standard InChI is InChI=1S/2C23H27N3O3.C21H25N3O3/c1-3-27-20-12-11-19(15-21(20)28-4-2)23-24-22(25-29-23)18-9-7-17(8-10-18)16-26-13-5-6-14-26;1-3-27-20-11-10-19(15-21(20)28-4-2)23-24-22(25-29-23)18-9-7-8-17(14-18)16-26-12-5-6-13-26;1-5-25-18-11-10-17(13-19(18)26-6-2)21-22-20(23-27-21)16-9-7-8-15(12-16)14-24(3)4/h7-12,15H,3-6,13-14,16H2,1-2H3;7-11,14-15H,3-6,12-13,16H2,1-2H3;7-13H,5-6,14H2,1-4H3. The zero-order chi connectivity index (χ0) is 59.3. The van der Waals surface area contributed by atoms with Gasteiger partial charge in [-0.25, -0.2) is 0 Å². The number of nitrogens with zero attached hydrogens (tertiary/aromatic N) is 9. The Kier molecular flexibility index (Phi) is 22.1. The van der Waals surface area contributed by atoms with E-state index in [1.165, 1.54) is 68.6 Å². The van der Waals surface area contributed by atoms with E-state index in [9.17, 15) is 0 Å². The van der Waals surface area contributed by atoms with Gasteiger partial charge in [0.25, 0.3) is 17.7 Å². The Hall–Kier alpha value is -8.58. The van der Waals surface area contributed by atoms with E-state index in [4.69, 9.17) is 42.0 Å². The SMILES string of the molecule is CCOc1ccc(-c2nc(-c3ccc(CN4CCCC4)cc3)no2)cc1OCC.CCOc1ccc(-c2nc(-c3cccc(CN(C)C)c3)no2)cc1OCC.CCOc1ccc(-c2nc(-c3cccc(CN4CCCC4)c3)no2)cc1OCC. The van der Waals surface area contributed by atoms with Crippen molar-refractivity contribution >= 4 is 0 Å². The fourth-order valence-electron chi connectivity index (χ4n) is 10.1. The fraction of sp³-hybridized carbons (Fsp3) is 0.373. The summed E-state index contributed by atoms with van der Waals surface area (Å²) in [6.07, 6.45) is 5.19. The number of likely N-dealkylation sites (tertiary alicyclic amines) is 2. The normalized spacial score (nSPS) is 13.2. The van der Waals surface area contributed by atoms with Crippen LogP contribution in [0, 0.1) is 0 Å². The Morgan fingerprint density at radius 1 is 0.365 bits per heavy atom. The zero-order valence-electron chi connectivity index (χ0n) is 50.3. The van der Waals surface area contributed by atoms with Crippen molar-refractivity contribution in [3.8, 4) is 103 Å². The van der Waals surface area contributed by atoms with Gasteiger partial charge in [0, 0.05) is 53.0 Å². The fourth-order valence-corrected chi connectivity index (χ4v) is 10.1. The van der Waals surface area contributed by atoms with Crippen molar-refractivity contribution < 1.29 is 42.0 Å². The summed E-state index contributed by atoms with van der Waals surface area (Å²) >= 11 is 0. The Morgan fingerprint density at radius 3 is 1.09 bits per heavy atom. The van der Waals surface area contributed by atoms with Crippen LogP contribution in [0.25, 0.3) is 68.5 Å². The molecule has 446 valence electrons. The molecule has 9 aromatic rings. The molecule has 18 nitrogen and oxygen atoms in total. The van der Waals surface area contributed by atoms with E-state index in [-0.39, 0.29) is 0 Å². The van der Waals surface area contributed by atoms with Gasteiger partial charge in [0.15, 0.2) is 34.5 Å². The average molecular weight is 1150 g/mol. The summed E-state index contributed by atoms with van der Waals surface area (Å²) in [6, 6.07) is 41.9. The minimum atomic E-state index is 0.451. The van der Waals surface area contributed by atoms with Gasteiger partial charge in [-0.3, -0.25) is 9.80 Å². The third-order valence-electron chi connectivity index (χ3n) is 13.9. The molecule has 5 heterocycles. The molecular weight excluding hydrogens is 1070 g/mol. The van der Waals surface area contributed by atoms with Gasteiger partial charge < -0.3 is 46.9 Å². The van der Waals surface area contributed by atoms with E-state index in [2.05, 4.69) is 99.7 Å². The minimum absolute atomic E-state index is 0.451. The van der Waals surface area contributed by atoms with Crippen LogP contribution in [0.1, 0.15) is 83.9 Å². The number of ether oxygens (including phenoxy) is 6. The molecular formula is C67H79N9O9. The Balaban J connectivity index is 0.000000153. The molecule has 2 saturated heterocycles. The van der Waals surface area contributed by atoms with Crippen molar-refractivity contribution in [1.29, 1.82) is 0 Å². The second-order valence-corrected chi connectivity index (χ2v) is 20.7. The topological polar surface area (TPSA) is 182 Å². The van der Waals surface area contributed by atoms with Crippen LogP contribution in [-0.4, -0.2) is 125 Å². The number of hydrogen-bond donors (Lipinski definition) is 0. The van der Waals surface area contributed by atoms with Crippen molar-refractivity contribution in [3.05, 3.63) is 144 Å². The van der Waals surface area contributed by atoms with Crippen LogP contribution < -0.4 is 28.4 Å². The van der Waals surface area contributed by atoms with Crippen LogP contribution in [0.4, 0.5) is 0 Å². The highest BCUT2D eigenvalue weighted by Gasteiger charge is 2.20. The summed E-state index contributed by atoms with van der Waals surface area (Å²) in [6.45, 7) is 22.7. The van der Waals surface area contributed by atoms with Gasteiger partial charge in [-0.1, -0.05) is 76.1 Å². The van der Waals surface area contributed by atoms with E-state index >= 15 is 0 Å². The van der Waals surface area contributed by atoms with E-state index < -0.39 is 0 Å². The first-order valence-electron chi connectivity index (χ1n) is 29.7. The number of hydrogen-bond acceptors (Lipinski definition) is 18. The molecule has 0 spiro atoms. The van der Waals surface area contributed by atoms with Gasteiger partial charge in [0.05, 0.1) is 39.6 Å². The number of rotatable bonds is 24. The highest BCUT2D eigenvalue weighted by Crippen LogP contribution is 2.36. The second kappa shape index (κ2) is 30.8. The Labute approximate surface area is 499 Å². The van der Waals surface area contributed by atoms with Gasteiger partial charge in [0.2, 0.25) is 17.5 Å². The third kappa shape index (κ3) is 16.8. The van der Waals surface area contributed by atoms with Gasteiger partial charge in [-0.05, 0) is 191 Å². The monoisotopic (exact) mass is 1150 g/mol. The summed E-state index contributed by atoms with van der Waals surface area (Å²) in [5.41, 5.74) is 9.04. The maximum atomic E-state index is 5.70. The Morgan fingerprint density at radius 2 is 0.706 bits per heavy atom. The predicted molar refractivity (Wildman–Crippen MR) is 329 cm³/mol. The molecule has 2 aliphatic rings. The second-order valence-electron chi connectivity index (χ2n) is 20.7. The lowest BCUT2D eigenvalue weighted by Crippen LogP contribution is -2.18. The van der Waals surface area contributed by atoms with E-state index in [0.717, 1.165) is 53.0 Å². The first-order chi connectivity index (χ1) is 41.6. The third-order valence-corrected chi connectivity index (χ3v) is 13.9. The number of benzene rings is 6. The first kappa shape index (κ1) is 61.0. The van der Waals surface area contributed by atoms with Gasteiger partial charge in [-0.2, -0.15) is 15.0 Å². The van der Waals surface area contributed by atoms with E-state index in [0.29, 0.717) is 109 Å². The maximum absolute atomic E-state index is 5.70. The highest BCUT2D eigenvalue weighted by molar-refractivity contribution is 5.66. The van der Waals surface area contributed by atoms with Gasteiger partial charge >= 0.3 is 0 Å². The smallest absolute Gasteiger partial charge is 0.258 e. The zero-order valence-corrected chi connectivity index (χ0v) is 50.3. The first-order valence-corrected chi connectivity index (χ1v) is 29.7. The highest BCUT2D eigenvalue weighted by atomic mass is 16.5. The van der Waals surface area contributed by atoms with Crippen molar-refractivity contribution in [1.82, 2.24) is 45.1 Å². The quantitative estimate of drug-likeness (QED) is 0.0556. The van der Waals surface area contributed by atoms with Crippen molar-refractivity contribution in [2.24, 2.45) is 0 Å². The lowest BCUT2D eigenvalue weighted by Gasteiger charge is -2.14. The Bertz CT molecular complexity index is 3490. The molecule has 0 radical (unpaired) electrons. The van der Waals surface area contributed by atoms with Crippen LogP contribution in [0.3, 0.4) is 0 Å². The van der Waals surface area contributed by atoms with Crippen LogP contribution in [0.2, 0.25) is 0 Å². The van der Waals surface area contributed by atoms with Crippen LogP contribution >= 0.6 is 0 Å². The van der Waals surface area contributed by atoms with E-state index in [1.807, 2.05) is 128 Å². The molecule has 85 heavy (non-hydrogen) atoms. The molecule has 0 bridgehead atoms. The molecule has 0 amide bonds. The van der Waals surface area contributed by atoms with Crippen LogP contribution in [0.15, 0.2) is 141 Å². The molecule has 2 fully saturated rings. The number of aromatic nitrogens is 6. The molecule has 0 aliphatic carbocycles. The maximum Gasteiger partial charge on any atom is 0.258 e. The molecule has 3 aromatic heterocycles. The molecule has 0 atom stereocenters. The molecule has 0 saturated carbocycles. The molecule has 6 aromatic carbocycles. The summed E-state index contributed by atoms with van der Waals surface area (Å²) in [5, 5.41) is 12.5. The van der Waals surface area contributed by atoms with Crippen LogP contribution in [0.5, 0.6) is 34.5 Å². The van der Waals surface area contributed by atoms with Gasteiger partial charge in [-0.15, -0.1) is 0 Å². The van der Waals surface area contributed by atoms with Gasteiger partial charge in [0.1, 0.15) is 0 Å². The molecule has 0 N–H and O–H groups in total. The van der Waals surface area contributed by atoms with Crippen molar-refractivity contribution in [3.63, 3.8) is 0 Å². The molecule has 11 rings (SSSR count). The summed E-state index contributed by atoms with van der Waals surface area (Å²) in [5.74, 6) is 7.29. The van der Waals surface area contributed by atoms with Crippen LogP contribution in [-0.2, 0) is 19.6 Å². The summed E-state index contributed by atoms with van der Waals surface area (Å²) < 4.78 is 50.5. The lowest BCUT2D eigenvalue weighted by atomic mass is 10.1. The molecule has 18 heteroatoms. The largest absolute Gasteiger partial charge is 0.490 e. The predicted octanol–water partition coefficient (Wildman–Crippen LogP) is 13.9. The summed E-state index contributed by atoms with van der Waals surface area (Å²) in [4.78, 5) is 20.8. The summed E-state index contributed by atoms with van der Waals surface area (Å²) in [7, 11) is 4.09. The molecule has 2 aliphatic heterocycles. The minimum Gasteiger partial charge on any atom is -0.490 e. The lowest BCUT2D eigenvalue weighted by molar-refractivity contribution is 0.288. The van der Waals surface area contributed by atoms with Crippen molar-refractivity contribution in [2.75, 3.05) is 79.9 Å². The molecule has 0 unspecified atom stereocenters. The average Bonchev–Trinajstić information content (AvgIpc) is 4.61.